The first-order valence-corrected chi connectivity index (χ1v) is 7.70. The Labute approximate surface area is 134 Å². The van der Waals surface area contributed by atoms with Crippen LogP contribution in [0.4, 0.5) is 0 Å². The number of hydrogen-bond donors (Lipinski definition) is 0. The van der Waals surface area contributed by atoms with Gasteiger partial charge in [-0.3, -0.25) is 4.79 Å². The summed E-state index contributed by atoms with van der Waals surface area (Å²) in [6.45, 7) is 3.30. The number of esters is 1. The van der Waals surface area contributed by atoms with E-state index in [2.05, 4.69) is 0 Å². The van der Waals surface area contributed by atoms with Gasteiger partial charge in [-0.1, -0.05) is 6.07 Å². The molecule has 6 heteroatoms. The maximum atomic E-state index is 12.1. The van der Waals surface area contributed by atoms with Gasteiger partial charge in [0.05, 0.1) is 0 Å². The fraction of sp³-hybridized carbons (Fsp3) is 0.412. The second-order valence-electron chi connectivity index (χ2n) is 5.56. The zero-order valence-electron chi connectivity index (χ0n) is 13.0. The summed E-state index contributed by atoms with van der Waals surface area (Å²) < 4.78 is 15.7. The summed E-state index contributed by atoms with van der Waals surface area (Å²) in [4.78, 5) is 25.7. The standard InChI is InChI=1S/C17H19NO5/c1-12(17(20)18-8-2-3-9-18)23-16(19)7-5-13-4-6-14-15(10-13)22-11-21-14/h4-7,10,12H,2-3,8-9,11H2,1H3/b7-5+/t12-/m0/s1. The highest BCUT2D eigenvalue weighted by Gasteiger charge is 2.25. The topological polar surface area (TPSA) is 65.1 Å². The van der Waals surface area contributed by atoms with Gasteiger partial charge in [0.1, 0.15) is 0 Å². The highest BCUT2D eigenvalue weighted by atomic mass is 16.7. The van der Waals surface area contributed by atoms with E-state index in [1.54, 1.807) is 30.0 Å². The van der Waals surface area contributed by atoms with Crippen LogP contribution in [-0.2, 0) is 14.3 Å². The van der Waals surface area contributed by atoms with Crippen molar-refractivity contribution < 1.29 is 23.8 Å². The summed E-state index contributed by atoms with van der Waals surface area (Å²) in [5, 5.41) is 0. The minimum Gasteiger partial charge on any atom is -0.454 e. The van der Waals surface area contributed by atoms with Crippen molar-refractivity contribution in [3.63, 3.8) is 0 Å². The largest absolute Gasteiger partial charge is 0.454 e. The molecule has 1 saturated heterocycles. The lowest BCUT2D eigenvalue weighted by Crippen LogP contribution is -2.37. The first-order valence-electron chi connectivity index (χ1n) is 7.70. The lowest BCUT2D eigenvalue weighted by Gasteiger charge is -2.19. The van der Waals surface area contributed by atoms with Crippen LogP contribution in [0.3, 0.4) is 0 Å². The Balaban J connectivity index is 1.55. The zero-order valence-corrected chi connectivity index (χ0v) is 13.0. The molecule has 0 spiro atoms. The minimum absolute atomic E-state index is 0.132. The Kier molecular flexibility index (Phi) is 4.50. The van der Waals surface area contributed by atoms with Crippen LogP contribution in [0.25, 0.3) is 6.08 Å². The number of likely N-dealkylation sites (tertiary alicyclic amines) is 1. The van der Waals surface area contributed by atoms with Crippen LogP contribution in [-0.4, -0.2) is 42.8 Å². The average molecular weight is 317 g/mol. The normalized spacial score (nSPS) is 17.5. The SMILES string of the molecule is C[C@H](OC(=O)/C=C/c1ccc2c(c1)OCO2)C(=O)N1CCCC1. The highest BCUT2D eigenvalue weighted by Crippen LogP contribution is 2.32. The van der Waals surface area contributed by atoms with Crippen LogP contribution in [0.1, 0.15) is 25.3 Å². The Morgan fingerprint density at radius 2 is 1.96 bits per heavy atom. The minimum atomic E-state index is -0.762. The molecule has 0 bridgehead atoms. The van der Waals surface area contributed by atoms with Gasteiger partial charge in [-0.25, -0.2) is 4.79 Å². The fourth-order valence-electron chi connectivity index (χ4n) is 2.64. The van der Waals surface area contributed by atoms with Crippen molar-refractivity contribution in [3.05, 3.63) is 29.8 Å². The molecule has 0 unspecified atom stereocenters. The van der Waals surface area contributed by atoms with Crippen molar-refractivity contribution in [3.8, 4) is 11.5 Å². The quantitative estimate of drug-likeness (QED) is 0.627. The van der Waals surface area contributed by atoms with Crippen molar-refractivity contribution in [2.75, 3.05) is 19.9 Å². The molecule has 0 aromatic heterocycles. The molecule has 2 aliphatic heterocycles. The van der Waals surface area contributed by atoms with E-state index in [9.17, 15) is 9.59 Å². The van der Waals surface area contributed by atoms with E-state index in [-0.39, 0.29) is 12.7 Å². The van der Waals surface area contributed by atoms with Gasteiger partial charge in [-0.2, -0.15) is 0 Å². The van der Waals surface area contributed by atoms with Gasteiger partial charge in [-0.05, 0) is 43.5 Å². The molecule has 1 aromatic carbocycles. The molecule has 1 aromatic rings. The molecule has 1 atom stereocenters. The Morgan fingerprint density at radius 1 is 1.22 bits per heavy atom. The number of benzene rings is 1. The Bertz CT molecular complexity index is 634. The van der Waals surface area contributed by atoms with Crippen molar-refractivity contribution >= 4 is 18.0 Å². The van der Waals surface area contributed by atoms with Gasteiger partial charge in [0, 0.05) is 19.2 Å². The summed E-state index contributed by atoms with van der Waals surface area (Å²) >= 11 is 0. The van der Waals surface area contributed by atoms with Crippen LogP contribution in [0, 0.1) is 0 Å². The van der Waals surface area contributed by atoms with E-state index in [4.69, 9.17) is 14.2 Å². The maximum absolute atomic E-state index is 12.1. The second-order valence-corrected chi connectivity index (χ2v) is 5.56. The first-order chi connectivity index (χ1) is 11.1. The van der Waals surface area contributed by atoms with E-state index in [1.165, 1.54) is 6.08 Å². The third-order valence-electron chi connectivity index (χ3n) is 3.87. The summed E-state index contributed by atoms with van der Waals surface area (Å²) in [5.74, 6) is 0.669. The summed E-state index contributed by atoms with van der Waals surface area (Å²) in [7, 11) is 0. The lowest BCUT2D eigenvalue weighted by molar-refractivity contribution is -0.154. The molecular formula is C17H19NO5. The molecule has 3 rings (SSSR count). The monoisotopic (exact) mass is 317 g/mol. The van der Waals surface area contributed by atoms with Crippen LogP contribution < -0.4 is 9.47 Å². The molecule has 1 fully saturated rings. The van der Waals surface area contributed by atoms with Crippen LogP contribution >= 0.6 is 0 Å². The van der Waals surface area contributed by atoms with Crippen molar-refractivity contribution in [2.24, 2.45) is 0 Å². The Morgan fingerprint density at radius 3 is 2.74 bits per heavy atom. The number of hydrogen-bond acceptors (Lipinski definition) is 5. The Hall–Kier alpha value is -2.50. The predicted molar refractivity (Wildman–Crippen MR) is 83.0 cm³/mol. The predicted octanol–water partition coefficient (Wildman–Crippen LogP) is 1.98. The summed E-state index contributed by atoms with van der Waals surface area (Å²) in [6.07, 6.45) is 4.19. The summed E-state index contributed by atoms with van der Waals surface area (Å²) in [5.41, 5.74) is 0.796. The number of fused-ring (bicyclic) bond motifs is 1. The fourth-order valence-corrected chi connectivity index (χ4v) is 2.64. The van der Waals surface area contributed by atoms with Gasteiger partial charge in [0.2, 0.25) is 6.79 Å². The zero-order chi connectivity index (χ0) is 16.2. The van der Waals surface area contributed by atoms with E-state index >= 15 is 0 Å². The van der Waals surface area contributed by atoms with E-state index in [0.717, 1.165) is 31.5 Å². The number of rotatable bonds is 4. The third kappa shape index (κ3) is 3.64. The smallest absolute Gasteiger partial charge is 0.331 e. The highest BCUT2D eigenvalue weighted by molar-refractivity contribution is 5.90. The summed E-state index contributed by atoms with van der Waals surface area (Å²) in [6, 6.07) is 5.38. The molecule has 0 radical (unpaired) electrons. The maximum Gasteiger partial charge on any atom is 0.331 e. The third-order valence-corrected chi connectivity index (χ3v) is 3.87. The number of nitrogens with zero attached hydrogens (tertiary/aromatic N) is 1. The number of carbonyl (C=O) groups is 2. The van der Waals surface area contributed by atoms with E-state index in [1.807, 2.05) is 6.07 Å². The molecule has 0 N–H and O–H groups in total. The van der Waals surface area contributed by atoms with Crippen molar-refractivity contribution in [2.45, 2.75) is 25.9 Å². The van der Waals surface area contributed by atoms with Gasteiger partial charge >= 0.3 is 5.97 Å². The van der Waals surface area contributed by atoms with Crippen LogP contribution in [0.2, 0.25) is 0 Å². The molecule has 2 aliphatic rings. The van der Waals surface area contributed by atoms with E-state index < -0.39 is 12.1 Å². The molecule has 0 aliphatic carbocycles. The molecule has 6 nitrogen and oxygen atoms in total. The van der Waals surface area contributed by atoms with Crippen molar-refractivity contribution in [1.29, 1.82) is 0 Å². The van der Waals surface area contributed by atoms with Gasteiger partial charge in [0.15, 0.2) is 17.6 Å². The molecule has 122 valence electrons. The average Bonchev–Trinajstić information content (AvgIpc) is 3.22. The number of ether oxygens (including phenoxy) is 3. The lowest BCUT2D eigenvalue weighted by atomic mass is 10.2. The van der Waals surface area contributed by atoms with Gasteiger partial charge in [0.25, 0.3) is 5.91 Å². The molecule has 2 heterocycles. The van der Waals surface area contributed by atoms with Gasteiger partial charge in [-0.15, -0.1) is 0 Å². The second kappa shape index (κ2) is 6.73. The number of amides is 1. The van der Waals surface area contributed by atoms with Crippen LogP contribution in [0.5, 0.6) is 11.5 Å². The van der Waals surface area contributed by atoms with Crippen molar-refractivity contribution in [1.82, 2.24) is 4.90 Å². The molecule has 1 amide bonds. The molecular weight excluding hydrogens is 298 g/mol. The van der Waals surface area contributed by atoms with E-state index in [0.29, 0.717) is 11.5 Å². The van der Waals surface area contributed by atoms with Crippen LogP contribution in [0.15, 0.2) is 24.3 Å². The first kappa shape index (κ1) is 15.4. The number of carbonyl (C=O) groups excluding carboxylic acids is 2. The molecule has 0 saturated carbocycles. The molecule has 23 heavy (non-hydrogen) atoms. The van der Waals surface area contributed by atoms with Gasteiger partial charge < -0.3 is 19.1 Å².